The van der Waals surface area contributed by atoms with Crippen LogP contribution in [-0.2, 0) is 17.8 Å². The summed E-state index contributed by atoms with van der Waals surface area (Å²) in [6.07, 6.45) is 1.10. The minimum Gasteiger partial charge on any atom is -0.359 e. The molecule has 0 bridgehead atoms. The van der Waals surface area contributed by atoms with E-state index >= 15 is 0 Å². The minimum absolute atomic E-state index is 0.0165. The van der Waals surface area contributed by atoms with Gasteiger partial charge < -0.3 is 15.5 Å². The summed E-state index contributed by atoms with van der Waals surface area (Å²) < 4.78 is 0. The number of nitrogens with one attached hydrogen (secondary N) is 2. The van der Waals surface area contributed by atoms with Gasteiger partial charge in [0.1, 0.15) is 0 Å². The monoisotopic (exact) mass is 380 g/mol. The molecule has 3 amide bonds. The number of benzene rings is 2. The maximum Gasteiger partial charge on any atom is 0.321 e. The van der Waals surface area contributed by atoms with Gasteiger partial charge >= 0.3 is 6.03 Å². The van der Waals surface area contributed by atoms with E-state index in [9.17, 15) is 9.59 Å². The Bertz CT molecular complexity index is 786. The van der Waals surface area contributed by atoms with E-state index in [0.29, 0.717) is 12.8 Å². The number of amides is 3. The first kappa shape index (κ1) is 19.9. The average molecular weight is 380 g/mol. The van der Waals surface area contributed by atoms with E-state index in [1.807, 2.05) is 35.2 Å². The second-order valence-corrected chi connectivity index (χ2v) is 7.05. The second-order valence-electron chi connectivity index (χ2n) is 7.05. The molecular weight excluding hydrogens is 352 g/mol. The standard InChI is InChI=1S/C22H28N4O2/c1-23-21(27)11-10-18-8-5-9-20(16-18)24-22(28)26-14-12-25(13-15-26)17-19-6-3-2-4-7-19/h2-9,16H,10-15,17H2,1H3,(H,23,27)(H,24,28). The van der Waals surface area contributed by atoms with Gasteiger partial charge in [-0.25, -0.2) is 4.79 Å². The van der Waals surface area contributed by atoms with Crippen LogP contribution in [0.25, 0.3) is 0 Å². The number of piperazine rings is 1. The Hall–Kier alpha value is -2.86. The molecule has 2 N–H and O–H groups in total. The summed E-state index contributed by atoms with van der Waals surface area (Å²) in [4.78, 5) is 28.2. The number of nitrogens with zero attached hydrogens (tertiary/aromatic N) is 2. The summed E-state index contributed by atoms with van der Waals surface area (Å²) >= 11 is 0. The molecule has 0 unspecified atom stereocenters. The molecule has 1 aliphatic heterocycles. The molecule has 2 aromatic rings. The van der Waals surface area contributed by atoms with Crippen LogP contribution < -0.4 is 10.6 Å². The topological polar surface area (TPSA) is 64.7 Å². The third-order valence-corrected chi connectivity index (χ3v) is 5.01. The van der Waals surface area contributed by atoms with E-state index in [-0.39, 0.29) is 11.9 Å². The largest absolute Gasteiger partial charge is 0.359 e. The van der Waals surface area contributed by atoms with Crippen molar-refractivity contribution in [3.05, 3.63) is 65.7 Å². The first-order valence-corrected chi connectivity index (χ1v) is 9.76. The lowest BCUT2D eigenvalue weighted by Gasteiger charge is -2.34. The molecule has 3 rings (SSSR count). The molecule has 1 aliphatic rings. The normalized spacial score (nSPS) is 14.5. The number of urea groups is 1. The van der Waals surface area contributed by atoms with Crippen molar-refractivity contribution in [2.24, 2.45) is 0 Å². The lowest BCUT2D eigenvalue weighted by atomic mass is 10.1. The van der Waals surface area contributed by atoms with Crippen LogP contribution in [0, 0.1) is 0 Å². The lowest BCUT2D eigenvalue weighted by Crippen LogP contribution is -2.49. The Morgan fingerprint density at radius 1 is 0.929 bits per heavy atom. The van der Waals surface area contributed by atoms with Crippen LogP contribution in [0.3, 0.4) is 0 Å². The number of carbonyl (C=O) groups excluding carboxylic acids is 2. The van der Waals surface area contributed by atoms with Crippen LogP contribution in [-0.4, -0.2) is 55.0 Å². The van der Waals surface area contributed by atoms with Crippen molar-refractivity contribution in [2.75, 3.05) is 38.5 Å². The fourth-order valence-electron chi connectivity index (χ4n) is 3.34. The Morgan fingerprint density at radius 2 is 1.64 bits per heavy atom. The smallest absolute Gasteiger partial charge is 0.321 e. The first-order chi connectivity index (χ1) is 13.6. The predicted molar refractivity (Wildman–Crippen MR) is 111 cm³/mol. The maximum absolute atomic E-state index is 12.6. The molecule has 1 saturated heterocycles. The highest BCUT2D eigenvalue weighted by atomic mass is 16.2. The molecule has 1 heterocycles. The van der Waals surface area contributed by atoms with Gasteiger partial charge in [-0.05, 0) is 29.7 Å². The van der Waals surface area contributed by atoms with Crippen molar-refractivity contribution in [1.29, 1.82) is 0 Å². The van der Waals surface area contributed by atoms with E-state index in [4.69, 9.17) is 0 Å². The molecule has 6 heteroatoms. The van der Waals surface area contributed by atoms with Gasteiger partial charge in [-0.15, -0.1) is 0 Å². The molecule has 0 saturated carbocycles. The van der Waals surface area contributed by atoms with Crippen LogP contribution >= 0.6 is 0 Å². The van der Waals surface area contributed by atoms with Crippen molar-refractivity contribution >= 4 is 17.6 Å². The molecule has 2 aromatic carbocycles. The number of aryl methyl sites for hydroxylation is 1. The zero-order chi connectivity index (χ0) is 19.8. The number of rotatable bonds is 6. The van der Waals surface area contributed by atoms with Crippen molar-refractivity contribution in [3.63, 3.8) is 0 Å². The quantitative estimate of drug-likeness (QED) is 0.810. The lowest BCUT2D eigenvalue weighted by molar-refractivity contribution is -0.120. The Balaban J connectivity index is 1.47. The molecule has 0 radical (unpaired) electrons. The molecule has 148 valence electrons. The molecular formula is C22H28N4O2. The van der Waals surface area contributed by atoms with Crippen LogP contribution in [0.15, 0.2) is 54.6 Å². The van der Waals surface area contributed by atoms with E-state index in [1.54, 1.807) is 7.05 Å². The molecule has 0 aromatic heterocycles. The highest BCUT2D eigenvalue weighted by molar-refractivity contribution is 5.89. The molecule has 28 heavy (non-hydrogen) atoms. The molecule has 6 nitrogen and oxygen atoms in total. The van der Waals surface area contributed by atoms with Crippen LogP contribution in [0.4, 0.5) is 10.5 Å². The Labute approximate surface area is 166 Å². The zero-order valence-corrected chi connectivity index (χ0v) is 16.4. The van der Waals surface area contributed by atoms with Gasteiger partial charge in [-0.3, -0.25) is 9.69 Å². The highest BCUT2D eigenvalue weighted by Gasteiger charge is 2.21. The summed E-state index contributed by atoms with van der Waals surface area (Å²) in [7, 11) is 1.64. The number of hydrogen-bond donors (Lipinski definition) is 2. The van der Waals surface area contributed by atoms with Crippen molar-refractivity contribution in [1.82, 2.24) is 15.1 Å². The highest BCUT2D eigenvalue weighted by Crippen LogP contribution is 2.14. The van der Waals surface area contributed by atoms with Crippen molar-refractivity contribution in [2.45, 2.75) is 19.4 Å². The third-order valence-electron chi connectivity index (χ3n) is 5.01. The van der Waals surface area contributed by atoms with E-state index in [2.05, 4.69) is 39.8 Å². The van der Waals surface area contributed by atoms with Gasteiger partial charge in [0, 0.05) is 51.9 Å². The van der Waals surface area contributed by atoms with E-state index < -0.39 is 0 Å². The summed E-state index contributed by atoms with van der Waals surface area (Å²) in [6.45, 7) is 4.09. The Kier molecular flexibility index (Phi) is 7.03. The number of hydrogen-bond acceptors (Lipinski definition) is 3. The van der Waals surface area contributed by atoms with Crippen LogP contribution in [0.5, 0.6) is 0 Å². The van der Waals surface area contributed by atoms with Gasteiger partial charge in [0.05, 0.1) is 0 Å². The van der Waals surface area contributed by atoms with Crippen LogP contribution in [0.1, 0.15) is 17.5 Å². The second kappa shape index (κ2) is 9.90. The fourth-order valence-corrected chi connectivity index (χ4v) is 3.34. The molecule has 1 fully saturated rings. The maximum atomic E-state index is 12.6. The number of anilines is 1. The third kappa shape index (κ3) is 5.82. The SMILES string of the molecule is CNC(=O)CCc1cccc(NC(=O)N2CCN(Cc3ccccc3)CC2)c1. The van der Waals surface area contributed by atoms with Gasteiger partial charge in [0.15, 0.2) is 0 Å². The van der Waals surface area contributed by atoms with Gasteiger partial charge in [-0.1, -0.05) is 42.5 Å². The minimum atomic E-state index is -0.0668. The van der Waals surface area contributed by atoms with E-state index in [0.717, 1.165) is 44.0 Å². The number of carbonyl (C=O) groups is 2. The van der Waals surface area contributed by atoms with Crippen molar-refractivity contribution < 1.29 is 9.59 Å². The summed E-state index contributed by atoms with van der Waals surface area (Å²) in [5, 5.41) is 5.61. The van der Waals surface area contributed by atoms with Gasteiger partial charge in [0.2, 0.25) is 5.91 Å². The first-order valence-electron chi connectivity index (χ1n) is 9.76. The Morgan fingerprint density at radius 3 is 2.36 bits per heavy atom. The van der Waals surface area contributed by atoms with E-state index in [1.165, 1.54) is 5.56 Å². The predicted octanol–water partition coefficient (Wildman–Crippen LogP) is 2.71. The van der Waals surface area contributed by atoms with Crippen molar-refractivity contribution in [3.8, 4) is 0 Å². The fraction of sp³-hybridized carbons (Fsp3) is 0.364. The average Bonchev–Trinajstić information content (AvgIpc) is 2.73. The summed E-state index contributed by atoms with van der Waals surface area (Å²) in [6, 6.07) is 18.0. The molecule has 0 aliphatic carbocycles. The molecule has 0 atom stereocenters. The van der Waals surface area contributed by atoms with Crippen LogP contribution in [0.2, 0.25) is 0 Å². The van der Waals surface area contributed by atoms with Gasteiger partial charge in [-0.2, -0.15) is 0 Å². The van der Waals surface area contributed by atoms with Gasteiger partial charge in [0.25, 0.3) is 0 Å². The summed E-state index contributed by atoms with van der Waals surface area (Å²) in [5.41, 5.74) is 3.11. The zero-order valence-electron chi connectivity index (χ0n) is 16.4. The summed E-state index contributed by atoms with van der Waals surface area (Å²) in [5.74, 6) is 0.0165. The molecule has 0 spiro atoms.